The number of alkyl halides is 3. The van der Waals surface area contributed by atoms with Crippen molar-refractivity contribution in [3.63, 3.8) is 0 Å². The van der Waals surface area contributed by atoms with Crippen LogP contribution in [0.2, 0.25) is 0 Å². The van der Waals surface area contributed by atoms with Gasteiger partial charge in [-0.3, -0.25) is 15.0 Å². The van der Waals surface area contributed by atoms with Crippen LogP contribution in [0.5, 0.6) is 5.75 Å². The Labute approximate surface area is 194 Å². The SMILES string of the molecule is COc1ccc(CO[C@@H]2COC(OC(=N)C(Cl)(Cl)Cl)[C@H](OC(C)=O)[C@H]2OC(C)=O)cc1. The number of rotatable bonds is 7. The fraction of sp³-hybridized carbons (Fsp3) is 0.526. The molecule has 172 valence electrons. The molecule has 1 unspecified atom stereocenters. The Morgan fingerprint density at radius 2 is 1.65 bits per heavy atom. The third kappa shape index (κ3) is 7.69. The third-order valence-electron chi connectivity index (χ3n) is 4.10. The highest BCUT2D eigenvalue weighted by Crippen LogP contribution is 2.31. The number of carbonyl (C=O) groups excluding carboxylic acids is 2. The zero-order chi connectivity index (χ0) is 23.2. The smallest absolute Gasteiger partial charge is 0.303 e. The van der Waals surface area contributed by atoms with Gasteiger partial charge in [0.1, 0.15) is 11.9 Å². The van der Waals surface area contributed by atoms with Crippen molar-refractivity contribution in [2.75, 3.05) is 13.7 Å². The minimum Gasteiger partial charge on any atom is -0.497 e. The van der Waals surface area contributed by atoms with Crippen LogP contribution in [0.4, 0.5) is 0 Å². The van der Waals surface area contributed by atoms with E-state index < -0.39 is 46.2 Å². The first-order valence-corrected chi connectivity index (χ1v) is 10.2. The van der Waals surface area contributed by atoms with E-state index >= 15 is 0 Å². The van der Waals surface area contributed by atoms with Gasteiger partial charge in [-0.2, -0.15) is 0 Å². The fourth-order valence-electron chi connectivity index (χ4n) is 2.75. The van der Waals surface area contributed by atoms with Gasteiger partial charge >= 0.3 is 11.9 Å². The van der Waals surface area contributed by atoms with E-state index in [4.69, 9.17) is 68.6 Å². The Kier molecular flexibility index (Phi) is 9.20. The van der Waals surface area contributed by atoms with Crippen LogP contribution in [-0.2, 0) is 39.9 Å². The van der Waals surface area contributed by atoms with Crippen molar-refractivity contribution in [2.24, 2.45) is 0 Å². The predicted molar refractivity (Wildman–Crippen MR) is 112 cm³/mol. The van der Waals surface area contributed by atoms with Gasteiger partial charge in [-0.25, -0.2) is 0 Å². The molecule has 1 aromatic rings. The Morgan fingerprint density at radius 3 is 2.16 bits per heavy atom. The Bertz CT molecular complexity index is 783. The maximum atomic E-state index is 11.7. The van der Waals surface area contributed by atoms with Gasteiger partial charge in [0, 0.05) is 13.8 Å². The summed E-state index contributed by atoms with van der Waals surface area (Å²) in [6.45, 7) is 2.39. The summed E-state index contributed by atoms with van der Waals surface area (Å²) in [5.41, 5.74) is 0.822. The highest BCUT2D eigenvalue weighted by Gasteiger charge is 2.48. The maximum absolute atomic E-state index is 11.7. The minimum absolute atomic E-state index is 0.107. The first kappa shape index (κ1) is 25.5. The average Bonchev–Trinajstić information content (AvgIpc) is 2.68. The van der Waals surface area contributed by atoms with Crippen LogP contribution >= 0.6 is 34.8 Å². The molecule has 1 aromatic carbocycles. The van der Waals surface area contributed by atoms with Gasteiger partial charge in [0.05, 0.1) is 20.3 Å². The van der Waals surface area contributed by atoms with E-state index in [2.05, 4.69) is 0 Å². The van der Waals surface area contributed by atoms with E-state index in [1.165, 1.54) is 6.92 Å². The summed E-state index contributed by atoms with van der Waals surface area (Å²) in [5.74, 6) is -1.40. The molecule has 0 spiro atoms. The van der Waals surface area contributed by atoms with E-state index in [-0.39, 0.29) is 13.2 Å². The molecule has 1 aliphatic heterocycles. The number of ether oxygens (including phenoxy) is 6. The summed E-state index contributed by atoms with van der Waals surface area (Å²) in [6, 6.07) is 7.16. The van der Waals surface area contributed by atoms with Gasteiger partial charge in [0.2, 0.25) is 18.3 Å². The summed E-state index contributed by atoms with van der Waals surface area (Å²) in [6.07, 6.45) is -4.54. The molecule has 0 saturated carbocycles. The summed E-state index contributed by atoms with van der Waals surface area (Å²) < 4.78 is 30.2. The van der Waals surface area contributed by atoms with Crippen LogP contribution in [0, 0.1) is 5.41 Å². The van der Waals surface area contributed by atoms with Crippen molar-refractivity contribution < 1.29 is 38.0 Å². The molecule has 0 aromatic heterocycles. The van der Waals surface area contributed by atoms with E-state index in [1.54, 1.807) is 31.4 Å². The molecule has 0 amide bonds. The van der Waals surface area contributed by atoms with E-state index in [0.717, 1.165) is 12.5 Å². The molecule has 1 heterocycles. The molecular weight excluding hydrogens is 477 g/mol. The lowest BCUT2D eigenvalue weighted by Gasteiger charge is -2.40. The van der Waals surface area contributed by atoms with Crippen molar-refractivity contribution in [3.05, 3.63) is 29.8 Å². The number of hydrogen-bond acceptors (Lipinski definition) is 9. The van der Waals surface area contributed by atoms with Gasteiger partial charge in [0.15, 0.2) is 6.10 Å². The van der Waals surface area contributed by atoms with Gasteiger partial charge in [-0.15, -0.1) is 0 Å². The highest BCUT2D eigenvalue weighted by molar-refractivity contribution is 6.76. The summed E-state index contributed by atoms with van der Waals surface area (Å²) in [4.78, 5) is 23.4. The second kappa shape index (κ2) is 11.2. The topological polar surface area (TPSA) is 113 Å². The molecule has 1 saturated heterocycles. The van der Waals surface area contributed by atoms with Crippen molar-refractivity contribution in [3.8, 4) is 5.75 Å². The first-order valence-electron chi connectivity index (χ1n) is 9.04. The number of esters is 2. The summed E-state index contributed by atoms with van der Waals surface area (Å²) >= 11 is 16.9. The van der Waals surface area contributed by atoms with E-state index in [0.29, 0.717) is 5.75 Å². The second-order valence-electron chi connectivity index (χ2n) is 6.49. The number of nitrogens with one attached hydrogen (secondary N) is 1. The van der Waals surface area contributed by atoms with Crippen LogP contribution in [0.15, 0.2) is 24.3 Å². The lowest BCUT2D eigenvalue weighted by molar-refractivity contribution is -0.268. The average molecular weight is 499 g/mol. The Balaban J connectivity index is 2.19. The molecule has 31 heavy (non-hydrogen) atoms. The summed E-state index contributed by atoms with van der Waals surface area (Å²) in [7, 11) is 1.56. The predicted octanol–water partition coefficient (Wildman–Crippen LogP) is 3.16. The number of methoxy groups -OCH3 is 1. The first-order chi connectivity index (χ1) is 14.5. The van der Waals surface area contributed by atoms with Gasteiger partial charge in [0.25, 0.3) is 3.79 Å². The Morgan fingerprint density at radius 1 is 1.06 bits per heavy atom. The zero-order valence-electron chi connectivity index (χ0n) is 16.9. The van der Waals surface area contributed by atoms with Crippen LogP contribution in [0.3, 0.4) is 0 Å². The van der Waals surface area contributed by atoms with Crippen molar-refractivity contribution in [2.45, 2.75) is 48.8 Å². The standard InChI is InChI=1S/C19H22Cl3NO8/c1-10(24)29-15-14(27-8-12-4-6-13(26-3)7-5-12)9-28-17(16(15)30-11(2)25)31-18(23)19(20,21)22/h4-7,14-17,23H,8-9H2,1-3H3/t14-,15+,16-,17?/m1/s1. The van der Waals surface area contributed by atoms with Gasteiger partial charge < -0.3 is 28.4 Å². The third-order valence-corrected chi connectivity index (χ3v) is 4.62. The number of carbonyl (C=O) groups is 2. The zero-order valence-corrected chi connectivity index (χ0v) is 19.2. The second-order valence-corrected chi connectivity index (χ2v) is 8.77. The quantitative estimate of drug-likeness (QED) is 0.264. The molecule has 1 aliphatic rings. The van der Waals surface area contributed by atoms with Crippen molar-refractivity contribution in [1.29, 1.82) is 5.41 Å². The van der Waals surface area contributed by atoms with Crippen molar-refractivity contribution >= 4 is 52.6 Å². The molecule has 9 nitrogen and oxygen atoms in total. The van der Waals surface area contributed by atoms with Crippen molar-refractivity contribution in [1.82, 2.24) is 0 Å². The minimum atomic E-state index is -2.16. The fourth-order valence-corrected chi connectivity index (χ4v) is 2.88. The van der Waals surface area contributed by atoms with E-state index in [9.17, 15) is 9.59 Å². The number of benzene rings is 1. The Hall–Kier alpha value is -1.78. The molecule has 2 rings (SSSR count). The molecule has 12 heteroatoms. The normalized spacial score (nSPS) is 23.5. The van der Waals surface area contributed by atoms with Crippen LogP contribution < -0.4 is 4.74 Å². The molecule has 0 aliphatic carbocycles. The van der Waals surface area contributed by atoms with E-state index in [1.807, 2.05) is 0 Å². The lowest BCUT2D eigenvalue weighted by Crippen LogP contribution is -2.58. The highest BCUT2D eigenvalue weighted by atomic mass is 35.6. The summed E-state index contributed by atoms with van der Waals surface area (Å²) in [5, 5.41) is 7.75. The molecule has 1 N–H and O–H groups in total. The van der Waals surface area contributed by atoms with Crippen LogP contribution in [-0.4, -0.2) is 59.9 Å². The number of hydrogen-bond donors (Lipinski definition) is 1. The maximum Gasteiger partial charge on any atom is 0.303 e. The molecule has 1 fully saturated rings. The van der Waals surface area contributed by atoms with Gasteiger partial charge in [-0.05, 0) is 17.7 Å². The molecular formula is C19H22Cl3NO8. The molecule has 0 bridgehead atoms. The van der Waals surface area contributed by atoms with Crippen LogP contribution in [0.25, 0.3) is 0 Å². The van der Waals surface area contributed by atoms with Gasteiger partial charge in [-0.1, -0.05) is 46.9 Å². The van der Waals surface area contributed by atoms with Crippen LogP contribution in [0.1, 0.15) is 19.4 Å². The largest absolute Gasteiger partial charge is 0.497 e. The molecule has 4 atom stereocenters. The molecule has 0 radical (unpaired) electrons. The lowest BCUT2D eigenvalue weighted by atomic mass is 10.0. The monoisotopic (exact) mass is 497 g/mol. The number of halogens is 3.